The van der Waals surface area contributed by atoms with Gasteiger partial charge in [0.1, 0.15) is 0 Å². The summed E-state index contributed by atoms with van der Waals surface area (Å²) < 4.78 is 10.9. The van der Waals surface area contributed by atoms with E-state index in [0.717, 1.165) is 32.9 Å². The van der Waals surface area contributed by atoms with Gasteiger partial charge in [-0.1, -0.05) is 6.42 Å². The lowest BCUT2D eigenvalue weighted by Crippen LogP contribution is -2.43. The van der Waals surface area contributed by atoms with Crippen LogP contribution in [0.3, 0.4) is 0 Å². The minimum Gasteiger partial charge on any atom is -0.376 e. The minimum absolute atomic E-state index is 0.234. The Morgan fingerprint density at radius 1 is 1.27 bits per heavy atom. The molecule has 3 atom stereocenters. The Hall–Kier alpha value is -0.160. The van der Waals surface area contributed by atoms with E-state index in [0.29, 0.717) is 12.0 Å². The zero-order chi connectivity index (χ0) is 10.5. The van der Waals surface area contributed by atoms with Crippen LogP contribution in [0.1, 0.15) is 19.3 Å². The van der Waals surface area contributed by atoms with Crippen LogP contribution in [0.15, 0.2) is 0 Å². The molecule has 1 heterocycles. The summed E-state index contributed by atoms with van der Waals surface area (Å²) in [4.78, 5) is 0. The van der Waals surface area contributed by atoms with Crippen LogP contribution in [0.25, 0.3) is 0 Å². The van der Waals surface area contributed by atoms with E-state index in [1.807, 2.05) is 0 Å². The van der Waals surface area contributed by atoms with Crippen molar-refractivity contribution in [3.8, 4) is 0 Å². The fourth-order valence-electron chi connectivity index (χ4n) is 2.52. The maximum absolute atomic E-state index is 5.74. The van der Waals surface area contributed by atoms with Gasteiger partial charge in [0.25, 0.3) is 0 Å². The fraction of sp³-hybridized carbons (Fsp3) is 1.00. The molecule has 0 aromatic heterocycles. The van der Waals surface area contributed by atoms with Crippen molar-refractivity contribution < 1.29 is 9.47 Å². The molecule has 1 aliphatic heterocycles. The van der Waals surface area contributed by atoms with Crippen LogP contribution in [-0.4, -0.2) is 45.1 Å². The molecule has 1 saturated heterocycles. The zero-order valence-corrected chi connectivity index (χ0v) is 9.28. The standard InChI is InChI=1S/C11H22N2O2/c12-6-9-2-1-3-11(9)13-7-10-8-14-4-5-15-10/h9-11,13H,1-8,12H2. The number of rotatable bonds is 4. The van der Waals surface area contributed by atoms with Gasteiger partial charge in [-0.2, -0.15) is 0 Å². The molecule has 15 heavy (non-hydrogen) atoms. The third-order valence-corrected chi connectivity index (χ3v) is 3.45. The number of ether oxygens (including phenoxy) is 2. The van der Waals surface area contributed by atoms with Crippen molar-refractivity contribution in [1.82, 2.24) is 5.32 Å². The molecule has 2 aliphatic rings. The van der Waals surface area contributed by atoms with E-state index in [9.17, 15) is 0 Å². The molecule has 0 spiro atoms. The average molecular weight is 214 g/mol. The van der Waals surface area contributed by atoms with Gasteiger partial charge in [-0.15, -0.1) is 0 Å². The second-order valence-electron chi connectivity index (χ2n) is 4.51. The van der Waals surface area contributed by atoms with Crippen LogP contribution in [0.5, 0.6) is 0 Å². The number of hydrogen-bond acceptors (Lipinski definition) is 4. The second-order valence-corrected chi connectivity index (χ2v) is 4.51. The van der Waals surface area contributed by atoms with Gasteiger partial charge < -0.3 is 20.5 Å². The average Bonchev–Trinajstić information content (AvgIpc) is 2.75. The highest BCUT2D eigenvalue weighted by atomic mass is 16.6. The van der Waals surface area contributed by atoms with Crippen LogP contribution in [0, 0.1) is 5.92 Å². The summed E-state index contributed by atoms with van der Waals surface area (Å²) in [6.07, 6.45) is 4.07. The molecule has 2 fully saturated rings. The second kappa shape index (κ2) is 5.80. The monoisotopic (exact) mass is 214 g/mol. The summed E-state index contributed by atoms with van der Waals surface area (Å²) >= 11 is 0. The number of nitrogens with two attached hydrogens (primary N) is 1. The van der Waals surface area contributed by atoms with Crippen molar-refractivity contribution in [2.45, 2.75) is 31.4 Å². The van der Waals surface area contributed by atoms with Crippen LogP contribution < -0.4 is 11.1 Å². The Morgan fingerprint density at radius 3 is 2.93 bits per heavy atom. The Kier molecular flexibility index (Phi) is 4.38. The number of nitrogens with one attached hydrogen (secondary N) is 1. The Labute approximate surface area is 91.5 Å². The first-order valence-electron chi connectivity index (χ1n) is 6.03. The lowest BCUT2D eigenvalue weighted by atomic mass is 10.0. The van der Waals surface area contributed by atoms with Gasteiger partial charge in [-0.3, -0.25) is 0 Å². The summed E-state index contributed by atoms with van der Waals surface area (Å²) in [6.45, 7) is 3.91. The largest absolute Gasteiger partial charge is 0.376 e. The molecular weight excluding hydrogens is 192 g/mol. The highest BCUT2D eigenvalue weighted by Crippen LogP contribution is 2.24. The molecule has 1 saturated carbocycles. The first-order chi connectivity index (χ1) is 7.40. The molecule has 2 rings (SSSR count). The van der Waals surface area contributed by atoms with Crippen molar-refractivity contribution in [2.24, 2.45) is 11.7 Å². The zero-order valence-electron chi connectivity index (χ0n) is 9.28. The Bertz CT molecular complexity index is 183. The normalized spacial score (nSPS) is 37.0. The van der Waals surface area contributed by atoms with Crippen molar-refractivity contribution in [2.75, 3.05) is 32.9 Å². The molecule has 3 N–H and O–H groups in total. The maximum atomic E-state index is 5.74. The van der Waals surface area contributed by atoms with E-state index < -0.39 is 0 Å². The van der Waals surface area contributed by atoms with Gasteiger partial charge in [-0.05, 0) is 25.3 Å². The molecular formula is C11H22N2O2. The maximum Gasteiger partial charge on any atom is 0.0933 e. The van der Waals surface area contributed by atoms with Crippen LogP contribution in [-0.2, 0) is 9.47 Å². The van der Waals surface area contributed by atoms with Crippen LogP contribution in [0.2, 0.25) is 0 Å². The van der Waals surface area contributed by atoms with Crippen molar-refractivity contribution in [1.29, 1.82) is 0 Å². The highest BCUT2D eigenvalue weighted by Gasteiger charge is 2.26. The van der Waals surface area contributed by atoms with E-state index in [1.54, 1.807) is 0 Å². The van der Waals surface area contributed by atoms with Crippen LogP contribution >= 0.6 is 0 Å². The molecule has 0 radical (unpaired) electrons. The lowest BCUT2D eigenvalue weighted by Gasteiger charge is -2.26. The van der Waals surface area contributed by atoms with E-state index in [-0.39, 0.29) is 6.10 Å². The number of hydrogen-bond donors (Lipinski definition) is 2. The van der Waals surface area contributed by atoms with E-state index in [1.165, 1.54) is 19.3 Å². The molecule has 0 aromatic rings. The van der Waals surface area contributed by atoms with E-state index in [2.05, 4.69) is 5.32 Å². The van der Waals surface area contributed by atoms with Gasteiger partial charge >= 0.3 is 0 Å². The van der Waals surface area contributed by atoms with Gasteiger partial charge in [0.15, 0.2) is 0 Å². The first kappa shape index (κ1) is 11.3. The van der Waals surface area contributed by atoms with Crippen molar-refractivity contribution in [3.63, 3.8) is 0 Å². The fourth-order valence-corrected chi connectivity index (χ4v) is 2.52. The summed E-state index contributed by atoms with van der Waals surface area (Å²) in [6, 6.07) is 0.598. The van der Waals surface area contributed by atoms with Gasteiger partial charge in [0.2, 0.25) is 0 Å². The molecule has 0 bridgehead atoms. The minimum atomic E-state index is 0.234. The van der Waals surface area contributed by atoms with E-state index in [4.69, 9.17) is 15.2 Å². The lowest BCUT2D eigenvalue weighted by molar-refractivity contribution is -0.0873. The van der Waals surface area contributed by atoms with Gasteiger partial charge in [0.05, 0.1) is 25.9 Å². The van der Waals surface area contributed by atoms with E-state index >= 15 is 0 Å². The summed E-state index contributed by atoms with van der Waals surface area (Å²) in [5, 5.41) is 3.57. The third kappa shape index (κ3) is 3.14. The molecule has 0 amide bonds. The summed E-state index contributed by atoms with van der Waals surface area (Å²) in [5.74, 6) is 0.662. The third-order valence-electron chi connectivity index (χ3n) is 3.45. The summed E-state index contributed by atoms with van der Waals surface area (Å²) in [5.41, 5.74) is 5.74. The molecule has 4 nitrogen and oxygen atoms in total. The smallest absolute Gasteiger partial charge is 0.0933 e. The summed E-state index contributed by atoms with van der Waals surface area (Å²) in [7, 11) is 0. The predicted octanol–water partition coefficient (Wildman–Crippen LogP) is 0.119. The van der Waals surface area contributed by atoms with Crippen LogP contribution in [0.4, 0.5) is 0 Å². The topological polar surface area (TPSA) is 56.5 Å². The highest BCUT2D eigenvalue weighted by molar-refractivity contribution is 4.84. The molecule has 3 unspecified atom stereocenters. The first-order valence-corrected chi connectivity index (χ1v) is 6.03. The van der Waals surface area contributed by atoms with Gasteiger partial charge in [-0.25, -0.2) is 0 Å². The Balaban J connectivity index is 1.67. The predicted molar refractivity (Wildman–Crippen MR) is 58.7 cm³/mol. The van der Waals surface area contributed by atoms with Gasteiger partial charge in [0, 0.05) is 12.6 Å². The SMILES string of the molecule is NCC1CCCC1NCC1COCCO1. The molecule has 88 valence electrons. The van der Waals surface area contributed by atoms with Crippen molar-refractivity contribution >= 4 is 0 Å². The Morgan fingerprint density at radius 2 is 2.20 bits per heavy atom. The molecule has 4 heteroatoms. The van der Waals surface area contributed by atoms with Crippen molar-refractivity contribution in [3.05, 3.63) is 0 Å². The molecule has 1 aliphatic carbocycles. The molecule has 0 aromatic carbocycles. The quantitative estimate of drug-likeness (QED) is 0.698.